The highest BCUT2D eigenvalue weighted by molar-refractivity contribution is 5.39. The van der Waals surface area contributed by atoms with Gasteiger partial charge in [0.15, 0.2) is 0 Å². The van der Waals surface area contributed by atoms with Crippen LogP contribution in [0.15, 0.2) is 18.3 Å². The normalized spacial score (nSPS) is 15.8. The molecule has 4 nitrogen and oxygen atoms in total. The molecule has 0 atom stereocenters. The summed E-state index contributed by atoms with van der Waals surface area (Å²) in [5.74, 6) is 7.61. The number of nitrogen functional groups attached to an aromatic ring is 1. The average molecular weight is 207 g/mol. The molecule has 0 amide bonds. The van der Waals surface area contributed by atoms with Gasteiger partial charge in [0.2, 0.25) is 0 Å². The lowest BCUT2D eigenvalue weighted by molar-refractivity contribution is 0.222. The molecule has 0 radical (unpaired) electrons. The molecule has 0 aliphatic heterocycles. The van der Waals surface area contributed by atoms with Crippen LogP contribution in [-0.2, 0) is 0 Å². The topological polar surface area (TPSA) is 60.2 Å². The van der Waals surface area contributed by atoms with Gasteiger partial charge in [0.1, 0.15) is 11.6 Å². The number of pyridine rings is 1. The maximum Gasteiger partial charge on any atom is 0.143 e. The summed E-state index contributed by atoms with van der Waals surface area (Å²) in [6, 6.07) is 3.66. The van der Waals surface area contributed by atoms with Crippen LogP contribution < -0.4 is 16.0 Å². The van der Waals surface area contributed by atoms with Crippen LogP contribution in [0.5, 0.6) is 5.75 Å². The van der Waals surface area contributed by atoms with E-state index in [1.54, 1.807) is 12.3 Å². The van der Waals surface area contributed by atoms with Gasteiger partial charge >= 0.3 is 0 Å². The number of nitrogens with zero attached hydrogens (tertiary/aromatic N) is 1. The number of anilines is 1. The van der Waals surface area contributed by atoms with E-state index in [0.717, 1.165) is 24.7 Å². The van der Waals surface area contributed by atoms with Crippen molar-refractivity contribution in [3.8, 4) is 5.75 Å². The van der Waals surface area contributed by atoms with Crippen molar-refractivity contribution in [1.82, 2.24) is 4.98 Å². The molecule has 0 aromatic carbocycles. The van der Waals surface area contributed by atoms with Crippen LogP contribution in [0.3, 0.4) is 0 Å². The van der Waals surface area contributed by atoms with Gasteiger partial charge in [-0.3, -0.25) is 0 Å². The first-order valence-electron chi connectivity index (χ1n) is 5.44. The standard InChI is InChI=1S/C11H17N3O/c12-14-11-8-10(4-6-13-11)15-7-5-9-2-1-3-9/h4,6,8-9H,1-3,5,7,12H2,(H,13,14). The minimum Gasteiger partial charge on any atom is -0.493 e. The molecule has 82 valence electrons. The number of hydrazine groups is 1. The first kappa shape index (κ1) is 10.2. The molecule has 1 aromatic heterocycles. The van der Waals surface area contributed by atoms with Crippen molar-refractivity contribution in [2.24, 2.45) is 11.8 Å². The van der Waals surface area contributed by atoms with Gasteiger partial charge in [-0.2, -0.15) is 0 Å². The number of rotatable bonds is 5. The Hall–Kier alpha value is -1.29. The summed E-state index contributed by atoms with van der Waals surface area (Å²) in [6.07, 6.45) is 6.98. The molecule has 0 spiro atoms. The molecule has 1 fully saturated rings. The predicted octanol–water partition coefficient (Wildman–Crippen LogP) is 1.94. The quantitative estimate of drug-likeness (QED) is 0.572. The van der Waals surface area contributed by atoms with Crippen molar-refractivity contribution in [3.63, 3.8) is 0 Å². The van der Waals surface area contributed by atoms with Crippen molar-refractivity contribution >= 4 is 5.82 Å². The van der Waals surface area contributed by atoms with E-state index in [-0.39, 0.29) is 0 Å². The number of nitrogens with two attached hydrogens (primary N) is 1. The minimum atomic E-state index is 0.635. The van der Waals surface area contributed by atoms with Crippen molar-refractivity contribution in [2.75, 3.05) is 12.0 Å². The minimum absolute atomic E-state index is 0.635. The van der Waals surface area contributed by atoms with E-state index < -0.39 is 0 Å². The summed E-state index contributed by atoms with van der Waals surface area (Å²) in [5.41, 5.74) is 2.50. The number of hydrogen-bond acceptors (Lipinski definition) is 4. The van der Waals surface area contributed by atoms with Crippen LogP contribution in [0.2, 0.25) is 0 Å². The third-order valence-electron chi connectivity index (χ3n) is 2.90. The zero-order chi connectivity index (χ0) is 10.5. The molecular weight excluding hydrogens is 190 g/mol. The Morgan fingerprint density at radius 2 is 2.40 bits per heavy atom. The van der Waals surface area contributed by atoms with E-state index in [2.05, 4.69) is 10.4 Å². The second kappa shape index (κ2) is 4.98. The predicted molar refractivity (Wildman–Crippen MR) is 59.5 cm³/mol. The fourth-order valence-electron chi connectivity index (χ4n) is 1.70. The van der Waals surface area contributed by atoms with Crippen LogP contribution in [0.25, 0.3) is 0 Å². The summed E-state index contributed by atoms with van der Waals surface area (Å²) < 4.78 is 5.62. The third-order valence-corrected chi connectivity index (χ3v) is 2.90. The average Bonchev–Trinajstić information content (AvgIpc) is 2.22. The molecule has 0 bridgehead atoms. The number of aromatic nitrogens is 1. The van der Waals surface area contributed by atoms with Gasteiger partial charge in [0.05, 0.1) is 6.61 Å². The third kappa shape index (κ3) is 2.83. The Bertz CT molecular complexity index is 312. The summed E-state index contributed by atoms with van der Waals surface area (Å²) in [5, 5.41) is 0. The molecular formula is C11H17N3O. The van der Waals surface area contributed by atoms with Crippen molar-refractivity contribution in [3.05, 3.63) is 18.3 Å². The summed E-state index contributed by atoms with van der Waals surface area (Å²) in [7, 11) is 0. The number of nitrogens with one attached hydrogen (secondary N) is 1. The number of hydrogen-bond donors (Lipinski definition) is 2. The van der Waals surface area contributed by atoms with Crippen LogP contribution in [0.1, 0.15) is 25.7 Å². The highest BCUT2D eigenvalue weighted by Gasteiger charge is 2.16. The highest BCUT2D eigenvalue weighted by atomic mass is 16.5. The smallest absolute Gasteiger partial charge is 0.143 e. The van der Waals surface area contributed by atoms with E-state index in [0.29, 0.717) is 5.82 Å². The van der Waals surface area contributed by atoms with Crippen molar-refractivity contribution in [1.29, 1.82) is 0 Å². The van der Waals surface area contributed by atoms with Crippen LogP contribution in [0.4, 0.5) is 5.82 Å². The number of ether oxygens (including phenoxy) is 1. The fourth-order valence-corrected chi connectivity index (χ4v) is 1.70. The van der Waals surface area contributed by atoms with Gasteiger partial charge in [-0.1, -0.05) is 19.3 Å². The monoisotopic (exact) mass is 207 g/mol. The van der Waals surface area contributed by atoms with Crippen molar-refractivity contribution < 1.29 is 4.74 Å². The Balaban J connectivity index is 1.76. The Labute approximate surface area is 89.8 Å². The summed E-state index contributed by atoms with van der Waals surface area (Å²) >= 11 is 0. The molecule has 1 aliphatic rings. The Kier molecular flexibility index (Phi) is 3.40. The molecule has 0 unspecified atom stereocenters. The summed E-state index contributed by atoms with van der Waals surface area (Å²) in [6.45, 7) is 0.790. The maximum absolute atomic E-state index is 5.62. The zero-order valence-corrected chi connectivity index (χ0v) is 8.78. The van der Waals surface area contributed by atoms with Gasteiger partial charge in [-0.15, -0.1) is 0 Å². The molecule has 3 N–H and O–H groups in total. The van der Waals surface area contributed by atoms with E-state index in [1.807, 2.05) is 6.07 Å². The van der Waals surface area contributed by atoms with Gasteiger partial charge in [0, 0.05) is 12.3 Å². The molecule has 0 saturated heterocycles. The largest absolute Gasteiger partial charge is 0.493 e. The van der Waals surface area contributed by atoms with Crippen LogP contribution in [0, 0.1) is 5.92 Å². The second-order valence-corrected chi connectivity index (χ2v) is 3.96. The lowest BCUT2D eigenvalue weighted by Crippen LogP contribution is -2.14. The molecule has 2 rings (SSSR count). The van der Waals surface area contributed by atoms with Crippen LogP contribution >= 0.6 is 0 Å². The molecule has 1 saturated carbocycles. The Morgan fingerprint density at radius 3 is 3.07 bits per heavy atom. The lowest BCUT2D eigenvalue weighted by Gasteiger charge is -2.24. The highest BCUT2D eigenvalue weighted by Crippen LogP contribution is 2.29. The lowest BCUT2D eigenvalue weighted by atomic mass is 9.83. The SMILES string of the molecule is NNc1cc(OCCC2CCC2)ccn1. The first-order valence-corrected chi connectivity index (χ1v) is 5.44. The van der Waals surface area contributed by atoms with Gasteiger partial charge in [-0.25, -0.2) is 10.8 Å². The molecule has 1 heterocycles. The molecule has 1 aromatic rings. The van der Waals surface area contributed by atoms with Crippen molar-refractivity contribution in [2.45, 2.75) is 25.7 Å². The zero-order valence-electron chi connectivity index (χ0n) is 8.78. The maximum atomic E-state index is 5.62. The van der Waals surface area contributed by atoms with E-state index in [1.165, 1.54) is 19.3 Å². The Morgan fingerprint density at radius 1 is 1.53 bits per heavy atom. The summed E-state index contributed by atoms with van der Waals surface area (Å²) in [4.78, 5) is 4.01. The van der Waals surface area contributed by atoms with E-state index in [9.17, 15) is 0 Å². The van der Waals surface area contributed by atoms with E-state index >= 15 is 0 Å². The second-order valence-electron chi connectivity index (χ2n) is 3.96. The fraction of sp³-hybridized carbons (Fsp3) is 0.545. The van der Waals surface area contributed by atoms with Crippen LogP contribution in [-0.4, -0.2) is 11.6 Å². The first-order chi connectivity index (χ1) is 7.38. The van der Waals surface area contributed by atoms with Gasteiger partial charge in [-0.05, 0) is 18.4 Å². The molecule has 4 heteroatoms. The van der Waals surface area contributed by atoms with E-state index in [4.69, 9.17) is 10.6 Å². The van der Waals surface area contributed by atoms with Gasteiger partial charge in [0.25, 0.3) is 0 Å². The molecule has 15 heavy (non-hydrogen) atoms. The van der Waals surface area contributed by atoms with Gasteiger partial charge < -0.3 is 10.2 Å². The molecule has 1 aliphatic carbocycles.